The summed E-state index contributed by atoms with van der Waals surface area (Å²) in [4.78, 5) is 65.4. The van der Waals surface area contributed by atoms with E-state index in [1.165, 1.54) is 28.0 Å². The number of esters is 1. The van der Waals surface area contributed by atoms with Gasteiger partial charge in [-0.2, -0.15) is 5.10 Å². The van der Waals surface area contributed by atoms with Gasteiger partial charge in [0.05, 0.1) is 12.3 Å². The van der Waals surface area contributed by atoms with Gasteiger partial charge in [-0.25, -0.2) is 18.7 Å². The van der Waals surface area contributed by atoms with Crippen LogP contribution in [0.1, 0.15) is 51.0 Å². The summed E-state index contributed by atoms with van der Waals surface area (Å²) in [6.45, 7) is 7.07. The van der Waals surface area contributed by atoms with E-state index < -0.39 is 53.9 Å². The third-order valence-electron chi connectivity index (χ3n) is 6.08. The van der Waals surface area contributed by atoms with Crippen molar-refractivity contribution in [3.05, 3.63) is 41.8 Å². The second-order valence-corrected chi connectivity index (χ2v) is 10.6. The third-order valence-corrected chi connectivity index (χ3v) is 6.08. The fourth-order valence-corrected chi connectivity index (χ4v) is 4.20. The fraction of sp³-hybridized carbons (Fsp3) is 0.500. The number of nitrogens with zero attached hydrogens (tertiary/aromatic N) is 4. The third kappa shape index (κ3) is 9.68. The Hall–Kier alpha value is -4.69. The molecule has 0 saturated carbocycles. The number of carbonyl (C=O) groups is 5. The molecule has 0 bridgehead atoms. The summed E-state index contributed by atoms with van der Waals surface area (Å²) in [5, 5.41) is 15.8. The number of carboxylic acid groups (broad SMARTS) is 1. The SMILES string of the molecule is CCOC(=O)N1CCN(C(=O)[C@H](CCC(=O)OC(C)(C)C)NC(=O)c2cc(OCC(=O)O)n(-c3cccc(F)c3)n2)CC1. The van der Waals surface area contributed by atoms with E-state index in [2.05, 4.69) is 10.4 Å². The Morgan fingerprint density at radius 3 is 2.35 bits per heavy atom. The van der Waals surface area contributed by atoms with Crippen LogP contribution in [0, 0.1) is 5.82 Å². The topological polar surface area (TPSA) is 170 Å². The lowest BCUT2D eigenvalue weighted by Gasteiger charge is -2.36. The minimum atomic E-state index is -1.28. The molecular formula is C28H36FN5O9. The highest BCUT2D eigenvalue weighted by Crippen LogP contribution is 2.21. The van der Waals surface area contributed by atoms with E-state index in [0.29, 0.717) is 0 Å². The number of piperazine rings is 1. The molecule has 1 aromatic heterocycles. The molecule has 1 aromatic carbocycles. The van der Waals surface area contributed by atoms with Gasteiger partial charge in [0.1, 0.15) is 17.5 Å². The van der Waals surface area contributed by atoms with Gasteiger partial charge < -0.3 is 34.4 Å². The van der Waals surface area contributed by atoms with E-state index in [4.69, 9.17) is 19.3 Å². The fourth-order valence-electron chi connectivity index (χ4n) is 4.20. The van der Waals surface area contributed by atoms with E-state index in [-0.39, 0.29) is 62.9 Å². The molecule has 3 amide bonds. The van der Waals surface area contributed by atoms with Crippen LogP contribution in [0.15, 0.2) is 30.3 Å². The molecule has 1 atom stereocenters. The van der Waals surface area contributed by atoms with Gasteiger partial charge in [0, 0.05) is 38.7 Å². The number of carbonyl (C=O) groups excluding carboxylic acids is 4. The zero-order chi connectivity index (χ0) is 31.7. The number of nitrogens with one attached hydrogen (secondary N) is 1. The summed E-state index contributed by atoms with van der Waals surface area (Å²) in [5.41, 5.74) is -0.831. The Bertz CT molecular complexity index is 1330. The number of benzene rings is 1. The molecule has 2 N–H and O–H groups in total. The van der Waals surface area contributed by atoms with Crippen molar-refractivity contribution in [2.45, 2.75) is 52.2 Å². The highest BCUT2D eigenvalue weighted by molar-refractivity contribution is 5.96. The molecule has 1 fully saturated rings. The minimum Gasteiger partial charge on any atom is -0.479 e. The molecule has 0 spiro atoms. The van der Waals surface area contributed by atoms with Crippen LogP contribution < -0.4 is 10.1 Å². The summed E-state index contributed by atoms with van der Waals surface area (Å²) < 4.78 is 30.6. The van der Waals surface area contributed by atoms with Crippen LogP contribution in [0.4, 0.5) is 9.18 Å². The van der Waals surface area contributed by atoms with Crippen LogP contribution in [0.3, 0.4) is 0 Å². The summed E-state index contributed by atoms with van der Waals surface area (Å²) in [7, 11) is 0. The quantitative estimate of drug-likeness (QED) is 0.361. The summed E-state index contributed by atoms with van der Waals surface area (Å²) in [6, 6.07) is 5.19. The number of hydrogen-bond acceptors (Lipinski definition) is 9. The zero-order valence-electron chi connectivity index (χ0n) is 24.5. The van der Waals surface area contributed by atoms with E-state index in [1.54, 1.807) is 27.7 Å². The molecule has 2 heterocycles. The van der Waals surface area contributed by atoms with Gasteiger partial charge in [0.2, 0.25) is 11.8 Å². The van der Waals surface area contributed by atoms with Crippen molar-refractivity contribution in [2.24, 2.45) is 0 Å². The molecule has 2 aromatic rings. The van der Waals surface area contributed by atoms with Gasteiger partial charge in [0.15, 0.2) is 12.3 Å². The summed E-state index contributed by atoms with van der Waals surface area (Å²) >= 11 is 0. The van der Waals surface area contributed by atoms with Crippen molar-refractivity contribution in [1.82, 2.24) is 24.9 Å². The molecule has 14 nitrogen and oxygen atoms in total. The van der Waals surface area contributed by atoms with Crippen LogP contribution in [-0.2, 0) is 23.9 Å². The van der Waals surface area contributed by atoms with Crippen LogP contribution >= 0.6 is 0 Å². The van der Waals surface area contributed by atoms with Crippen LogP contribution in [-0.4, -0.2) is 106 Å². The highest BCUT2D eigenvalue weighted by Gasteiger charge is 2.32. The number of carboxylic acids is 1. The molecule has 1 aliphatic heterocycles. The normalized spacial score (nSPS) is 14.1. The molecule has 0 aliphatic carbocycles. The number of aromatic nitrogens is 2. The molecule has 1 aliphatic rings. The maximum absolute atomic E-state index is 13.9. The maximum Gasteiger partial charge on any atom is 0.409 e. The molecule has 3 rings (SSSR count). The van der Waals surface area contributed by atoms with E-state index in [1.807, 2.05) is 0 Å². The van der Waals surface area contributed by atoms with Gasteiger partial charge in [-0.05, 0) is 52.3 Å². The predicted molar refractivity (Wildman–Crippen MR) is 148 cm³/mol. The molecule has 43 heavy (non-hydrogen) atoms. The summed E-state index contributed by atoms with van der Waals surface area (Å²) in [6.07, 6.45) is -0.759. The van der Waals surface area contributed by atoms with Crippen LogP contribution in [0.2, 0.25) is 0 Å². The molecule has 1 saturated heterocycles. The first-order chi connectivity index (χ1) is 20.3. The summed E-state index contributed by atoms with van der Waals surface area (Å²) in [5.74, 6) is -3.89. The Balaban J connectivity index is 1.82. The Labute approximate surface area is 247 Å². The first-order valence-corrected chi connectivity index (χ1v) is 13.7. The highest BCUT2D eigenvalue weighted by atomic mass is 19.1. The van der Waals surface area contributed by atoms with Crippen molar-refractivity contribution >= 4 is 29.8 Å². The van der Waals surface area contributed by atoms with E-state index >= 15 is 0 Å². The van der Waals surface area contributed by atoms with E-state index in [0.717, 1.165) is 16.8 Å². The lowest BCUT2D eigenvalue weighted by atomic mass is 10.1. The number of aliphatic carboxylic acids is 1. The molecule has 0 radical (unpaired) electrons. The number of hydrogen-bond donors (Lipinski definition) is 2. The van der Waals surface area contributed by atoms with Crippen molar-refractivity contribution in [2.75, 3.05) is 39.4 Å². The molecule has 15 heteroatoms. The lowest BCUT2D eigenvalue weighted by Crippen LogP contribution is -2.56. The van der Waals surface area contributed by atoms with Gasteiger partial charge in [-0.3, -0.25) is 14.4 Å². The average Bonchev–Trinajstić information content (AvgIpc) is 3.37. The second-order valence-electron chi connectivity index (χ2n) is 10.6. The van der Waals surface area contributed by atoms with Crippen molar-refractivity contribution in [1.29, 1.82) is 0 Å². The van der Waals surface area contributed by atoms with Gasteiger partial charge >= 0.3 is 18.0 Å². The van der Waals surface area contributed by atoms with Crippen LogP contribution in [0.5, 0.6) is 5.88 Å². The number of rotatable bonds is 11. The number of halogens is 1. The predicted octanol–water partition coefficient (Wildman–Crippen LogP) is 2.00. The molecule has 234 valence electrons. The van der Waals surface area contributed by atoms with Crippen molar-refractivity contribution < 1.29 is 47.7 Å². The maximum atomic E-state index is 13.9. The Morgan fingerprint density at radius 2 is 1.74 bits per heavy atom. The average molecular weight is 606 g/mol. The van der Waals surface area contributed by atoms with Crippen LogP contribution in [0.25, 0.3) is 5.69 Å². The number of ether oxygens (including phenoxy) is 3. The van der Waals surface area contributed by atoms with Gasteiger partial charge in [0.25, 0.3) is 5.91 Å². The first-order valence-electron chi connectivity index (χ1n) is 13.7. The zero-order valence-corrected chi connectivity index (χ0v) is 24.5. The molecular weight excluding hydrogens is 569 g/mol. The first kappa shape index (κ1) is 32.8. The Morgan fingerprint density at radius 1 is 1.07 bits per heavy atom. The second kappa shape index (κ2) is 14.5. The molecule has 0 unspecified atom stereocenters. The standard InChI is InChI=1S/C28H36FN5O9/c1-5-41-27(40)33-13-11-32(12-14-33)26(39)20(9-10-24(37)43-28(2,3)4)30-25(38)21-16-22(42-17-23(35)36)34(31-21)19-8-6-7-18(29)15-19/h6-8,15-16,20H,5,9-14,17H2,1-4H3,(H,30,38)(H,35,36)/t20-/m0/s1. The lowest BCUT2D eigenvalue weighted by molar-refractivity contribution is -0.155. The minimum absolute atomic E-state index is 0.0927. The van der Waals surface area contributed by atoms with Crippen molar-refractivity contribution in [3.8, 4) is 11.6 Å². The smallest absolute Gasteiger partial charge is 0.409 e. The van der Waals surface area contributed by atoms with Gasteiger partial charge in [-0.15, -0.1) is 0 Å². The van der Waals surface area contributed by atoms with Gasteiger partial charge in [-0.1, -0.05) is 6.07 Å². The largest absolute Gasteiger partial charge is 0.479 e. The Kier molecular flexibility index (Phi) is 11.0. The number of amides is 3. The van der Waals surface area contributed by atoms with E-state index in [9.17, 15) is 28.4 Å². The van der Waals surface area contributed by atoms with Crippen molar-refractivity contribution in [3.63, 3.8) is 0 Å². The monoisotopic (exact) mass is 605 g/mol.